The molecule has 0 atom stereocenters. The number of nitrogens with zero attached hydrogens (tertiary/aromatic N) is 3. The molecule has 0 aliphatic carbocycles. The molecule has 2 heterocycles. The molecule has 5 heteroatoms. The maximum atomic E-state index is 8.97. The van der Waals surface area contributed by atoms with Crippen LogP contribution in [-0.2, 0) is 0 Å². The van der Waals surface area contributed by atoms with Crippen molar-refractivity contribution >= 4 is 0 Å². The highest BCUT2D eigenvalue weighted by atomic mass is 16.7. The average molecular weight is 253 g/mol. The summed E-state index contributed by atoms with van der Waals surface area (Å²) in [5.74, 6) is 2.02. The summed E-state index contributed by atoms with van der Waals surface area (Å²) >= 11 is 0. The van der Waals surface area contributed by atoms with Gasteiger partial charge in [-0.15, -0.1) is 0 Å². The first-order chi connectivity index (χ1) is 9.17. The van der Waals surface area contributed by atoms with Gasteiger partial charge in [-0.05, 0) is 31.5 Å². The second kappa shape index (κ2) is 4.25. The summed E-state index contributed by atoms with van der Waals surface area (Å²) < 4.78 is 10.7. The Balaban J connectivity index is 2.17. The van der Waals surface area contributed by atoms with Crippen LogP contribution in [0.1, 0.15) is 17.1 Å². The molecule has 0 spiro atoms. The number of nitriles is 1. The first kappa shape index (κ1) is 11.5. The van der Waals surface area contributed by atoms with E-state index in [4.69, 9.17) is 14.7 Å². The molecule has 19 heavy (non-hydrogen) atoms. The highest BCUT2D eigenvalue weighted by molar-refractivity contribution is 5.69. The number of hydrogen-bond acceptors (Lipinski definition) is 5. The first-order valence-electron chi connectivity index (χ1n) is 5.84. The van der Waals surface area contributed by atoms with Crippen LogP contribution in [0.3, 0.4) is 0 Å². The second-order valence-electron chi connectivity index (χ2n) is 4.32. The lowest BCUT2D eigenvalue weighted by atomic mass is 10.0. The van der Waals surface area contributed by atoms with Crippen LogP contribution in [-0.4, -0.2) is 16.8 Å². The molecule has 2 aromatic rings. The Morgan fingerprint density at radius 3 is 2.58 bits per heavy atom. The lowest BCUT2D eigenvalue weighted by molar-refractivity contribution is 0.174. The van der Waals surface area contributed by atoms with Gasteiger partial charge in [0.05, 0.1) is 5.69 Å². The fourth-order valence-corrected chi connectivity index (χ4v) is 2.08. The topological polar surface area (TPSA) is 68.0 Å². The second-order valence-corrected chi connectivity index (χ2v) is 4.32. The number of hydrogen-bond donors (Lipinski definition) is 0. The zero-order valence-corrected chi connectivity index (χ0v) is 10.6. The summed E-state index contributed by atoms with van der Waals surface area (Å²) in [7, 11) is 0. The summed E-state index contributed by atoms with van der Waals surface area (Å²) in [4.78, 5) is 8.43. The SMILES string of the molecule is Cc1nc(C#N)cc(-c2cc3c(cc2C)OCO3)n1. The molecule has 1 aromatic carbocycles. The molecule has 1 aliphatic rings. The Morgan fingerprint density at radius 1 is 1.11 bits per heavy atom. The third kappa shape index (κ3) is 1.97. The zero-order valence-electron chi connectivity index (χ0n) is 10.6. The molecule has 0 bridgehead atoms. The van der Waals surface area contributed by atoms with Crippen molar-refractivity contribution in [2.45, 2.75) is 13.8 Å². The minimum atomic E-state index is 0.241. The molecule has 3 rings (SSSR count). The molecule has 0 amide bonds. The van der Waals surface area contributed by atoms with Crippen LogP contribution in [0.25, 0.3) is 11.3 Å². The summed E-state index contributed by atoms with van der Waals surface area (Å²) in [5, 5.41) is 8.97. The van der Waals surface area contributed by atoms with Crippen LogP contribution in [0.4, 0.5) is 0 Å². The van der Waals surface area contributed by atoms with Crippen molar-refractivity contribution in [2.75, 3.05) is 6.79 Å². The van der Waals surface area contributed by atoms with Gasteiger partial charge in [0.1, 0.15) is 17.6 Å². The Morgan fingerprint density at radius 2 is 1.84 bits per heavy atom. The lowest BCUT2D eigenvalue weighted by Crippen LogP contribution is -1.96. The summed E-state index contributed by atoms with van der Waals surface area (Å²) in [6.45, 7) is 3.98. The molecule has 0 radical (unpaired) electrons. The van der Waals surface area contributed by atoms with E-state index in [9.17, 15) is 0 Å². The van der Waals surface area contributed by atoms with Gasteiger partial charge in [0, 0.05) is 11.6 Å². The van der Waals surface area contributed by atoms with Gasteiger partial charge in [-0.2, -0.15) is 5.26 Å². The summed E-state index contributed by atoms with van der Waals surface area (Å²) in [6, 6.07) is 7.53. The van der Waals surface area contributed by atoms with Crippen molar-refractivity contribution in [1.82, 2.24) is 9.97 Å². The molecular weight excluding hydrogens is 242 g/mol. The van der Waals surface area contributed by atoms with Crippen molar-refractivity contribution in [2.24, 2.45) is 0 Å². The number of aromatic nitrogens is 2. The smallest absolute Gasteiger partial charge is 0.231 e. The van der Waals surface area contributed by atoms with E-state index in [1.54, 1.807) is 13.0 Å². The Labute approximate surface area is 110 Å². The highest BCUT2D eigenvalue weighted by Crippen LogP contribution is 2.37. The van der Waals surface area contributed by atoms with Crippen molar-refractivity contribution in [3.63, 3.8) is 0 Å². The van der Waals surface area contributed by atoms with Gasteiger partial charge in [0.15, 0.2) is 11.5 Å². The molecular formula is C14H11N3O2. The average Bonchev–Trinajstić information content (AvgIpc) is 2.84. The van der Waals surface area contributed by atoms with Gasteiger partial charge < -0.3 is 9.47 Å². The molecule has 0 saturated heterocycles. The normalized spacial score (nSPS) is 12.3. The van der Waals surface area contributed by atoms with Crippen LogP contribution in [0.5, 0.6) is 11.5 Å². The maximum absolute atomic E-state index is 8.97. The van der Waals surface area contributed by atoms with E-state index in [0.29, 0.717) is 17.3 Å². The number of fused-ring (bicyclic) bond motifs is 1. The fraction of sp³-hybridized carbons (Fsp3) is 0.214. The first-order valence-corrected chi connectivity index (χ1v) is 5.84. The van der Waals surface area contributed by atoms with E-state index in [-0.39, 0.29) is 6.79 Å². The molecule has 94 valence electrons. The maximum Gasteiger partial charge on any atom is 0.231 e. The van der Waals surface area contributed by atoms with Gasteiger partial charge >= 0.3 is 0 Å². The monoisotopic (exact) mass is 253 g/mol. The van der Waals surface area contributed by atoms with Crippen molar-refractivity contribution in [3.8, 4) is 28.8 Å². The molecule has 0 N–H and O–H groups in total. The standard InChI is InChI=1S/C14H11N3O2/c1-8-3-13-14(19-7-18-13)5-11(8)12-4-10(6-15)16-9(2)17-12/h3-5H,7H2,1-2H3. The number of benzene rings is 1. The van der Waals surface area contributed by atoms with E-state index in [0.717, 1.165) is 22.6 Å². The third-order valence-electron chi connectivity index (χ3n) is 2.95. The van der Waals surface area contributed by atoms with E-state index < -0.39 is 0 Å². The largest absolute Gasteiger partial charge is 0.454 e. The third-order valence-corrected chi connectivity index (χ3v) is 2.95. The molecule has 1 aromatic heterocycles. The van der Waals surface area contributed by atoms with Crippen LogP contribution >= 0.6 is 0 Å². The van der Waals surface area contributed by atoms with Crippen molar-refractivity contribution < 1.29 is 9.47 Å². The van der Waals surface area contributed by atoms with Gasteiger partial charge in [0.25, 0.3) is 0 Å². The van der Waals surface area contributed by atoms with Crippen LogP contribution in [0.15, 0.2) is 18.2 Å². The van der Waals surface area contributed by atoms with E-state index in [2.05, 4.69) is 9.97 Å². The Bertz CT molecular complexity index is 705. The van der Waals surface area contributed by atoms with Crippen LogP contribution in [0.2, 0.25) is 0 Å². The Kier molecular flexibility index (Phi) is 2.57. The predicted molar refractivity (Wildman–Crippen MR) is 67.8 cm³/mol. The highest BCUT2D eigenvalue weighted by Gasteiger charge is 2.17. The van der Waals surface area contributed by atoms with Crippen molar-refractivity contribution in [1.29, 1.82) is 5.26 Å². The lowest BCUT2D eigenvalue weighted by Gasteiger charge is -2.08. The quantitative estimate of drug-likeness (QED) is 0.780. The van der Waals surface area contributed by atoms with Crippen LogP contribution in [0, 0.1) is 25.2 Å². The number of ether oxygens (including phenoxy) is 2. The Hall–Kier alpha value is -2.61. The minimum Gasteiger partial charge on any atom is -0.454 e. The van der Waals surface area contributed by atoms with Gasteiger partial charge in [-0.1, -0.05) is 0 Å². The summed E-state index contributed by atoms with van der Waals surface area (Å²) in [5.41, 5.74) is 3.02. The fourth-order valence-electron chi connectivity index (χ4n) is 2.08. The van der Waals surface area contributed by atoms with Gasteiger partial charge in [-0.25, -0.2) is 9.97 Å². The summed E-state index contributed by atoms with van der Waals surface area (Å²) in [6.07, 6.45) is 0. The van der Waals surface area contributed by atoms with Gasteiger partial charge in [-0.3, -0.25) is 0 Å². The van der Waals surface area contributed by atoms with E-state index in [1.807, 2.05) is 25.1 Å². The minimum absolute atomic E-state index is 0.241. The van der Waals surface area contributed by atoms with Crippen molar-refractivity contribution in [3.05, 3.63) is 35.3 Å². The molecule has 0 fully saturated rings. The number of aryl methyl sites for hydroxylation is 2. The van der Waals surface area contributed by atoms with Crippen LogP contribution < -0.4 is 9.47 Å². The van der Waals surface area contributed by atoms with E-state index in [1.165, 1.54) is 0 Å². The number of rotatable bonds is 1. The van der Waals surface area contributed by atoms with E-state index >= 15 is 0 Å². The molecule has 5 nitrogen and oxygen atoms in total. The zero-order chi connectivity index (χ0) is 13.4. The predicted octanol–water partition coefficient (Wildman–Crippen LogP) is 2.36. The molecule has 0 unspecified atom stereocenters. The molecule has 0 saturated carbocycles. The van der Waals surface area contributed by atoms with Gasteiger partial charge in [0.2, 0.25) is 6.79 Å². The molecule has 1 aliphatic heterocycles.